The zero-order chi connectivity index (χ0) is 22.3. The molecule has 0 aliphatic carbocycles. The summed E-state index contributed by atoms with van der Waals surface area (Å²) in [5.41, 5.74) is 0.458. The number of halogens is 1. The van der Waals surface area contributed by atoms with E-state index in [-0.39, 0.29) is 17.0 Å². The minimum Gasteiger partial charge on any atom is -0.452 e. The Labute approximate surface area is 181 Å². The Morgan fingerprint density at radius 1 is 0.968 bits per heavy atom. The summed E-state index contributed by atoms with van der Waals surface area (Å²) in [5.74, 6) is -1.76. The van der Waals surface area contributed by atoms with E-state index in [4.69, 9.17) is 4.74 Å². The Balaban J connectivity index is 1.53. The number of benzene rings is 2. The first-order chi connectivity index (χ1) is 14.9. The summed E-state index contributed by atoms with van der Waals surface area (Å²) in [6.07, 6.45) is 3.71. The smallest absolute Gasteiger partial charge is 0.338 e. The van der Waals surface area contributed by atoms with Gasteiger partial charge in [-0.25, -0.2) is 17.6 Å². The average Bonchev–Trinajstić information content (AvgIpc) is 3.07. The Hall–Kier alpha value is -2.78. The fraction of sp³-hybridized carbons (Fsp3) is 0.364. The van der Waals surface area contributed by atoms with Crippen molar-refractivity contribution in [3.8, 4) is 0 Å². The van der Waals surface area contributed by atoms with Crippen LogP contribution in [-0.4, -0.2) is 44.3 Å². The lowest BCUT2D eigenvalue weighted by Gasteiger charge is -2.19. The van der Waals surface area contributed by atoms with E-state index in [1.807, 2.05) is 0 Å². The number of amides is 1. The lowest BCUT2D eigenvalue weighted by molar-refractivity contribution is -0.124. The standard InChI is InChI=1S/C22H25FN2O5S/c23-20-8-4-3-7-18(20)15-24-21(26)16-30-22(27)17-9-11-19(12-10-17)31(28,29)25-13-5-1-2-6-14-25/h3-4,7-12H,1-2,5-6,13-16H2,(H,24,26). The van der Waals surface area contributed by atoms with Gasteiger partial charge in [0.1, 0.15) is 5.82 Å². The van der Waals surface area contributed by atoms with Crippen LogP contribution in [0.15, 0.2) is 53.4 Å². The number of nitrogens with zero attached hydrogens (tertiary/aromatic N) is 1. The maximum Gasteiger partial charge on any atom is 0.338 e. The minimum atomic E-state index is -3.60. The zero-order valence-corrected chi connectivity index (χ0v) is 17.9. The van der Waals surface area contributed by atoms with Gasteiger partial charge in [0.15, 0.2) is 6.61 Å². The van der Waals surface area contributed by atoms with Gasteiger partial charge in [-0.2, -0.15) is 4.31 Å². The molecule has 2 aromatic carbocycles. The molecular formula is C22H25FN2O5S. The Kier molecular flexibility index (Phi) is 7.75. The lowest BCUT2D eigenvalue weighted by atomic mass is 10.2. The number of sulfonamides is 1. The van der Waals surface area contributed by atoms with E-state index in [2.05, 4.69) is 5.32 Å². The maximum atomic E-state index is 13.5. The van der Waals surface area contributed by atoms with Gasteiger partial charge in [-0.3, -0.25) is 4.79 Å². The van der Waals surface area contributed by atoms with Gasteiger partial charge in [-0.05, 0) is 43.2 Å². The van der Waals surface area contributed by atoms with Gasteiger partial charge < -0.3 is 10.1 Å². The summed E-state index contributed by atoms with van der Waals surface area (Å²) >= 11 is 0. The van der Waals surface area contributed by atoms with Gasteiger partial charge in [-0.15, -0.1) is 0 Å². The van der Waals surface area contributed by atoms with Crippen molar-refractivity contribution in [3.05, 3.63) is 65.5 Å². The first-order valence-corrected chi connectivity index (χ1v) is 11.6. The molecule has 0 aromatic heterocycles. The van der Waals surface area contributed by atoms with Crippen molar-refractivity contribution >= 4 is 21.9 Å². The highest BCUT2D eigenvalue weighted by Gasteiger charge is 2.25. The van der Waals surface area contributed by atoms with Crippen molar-refractivity contribution in [1.82, 2.24) is 9.62 Å². The largest absolute Gasteiger partial charge is 0.452 e. The molecule has 3 rings (SSSR count). The van der Waals surface area contributed by atoms with Gasteiger partial charge in [0.25, 0.3) is 5.91 Å². The van der Waals surface area contributed by atoms with Crippen LogP contribution < -0.4 is 5.32 Å². The Bertz CT molecular complexity index is 1020. The number of carbonyl (C=O) groups excluding carboxylic acids is 2. The quantitative estimate of drug-likeness (QED) is 0.658. The Morgan fingerprint density at radius 3 is 2.26 bits per heavy atom. The second kappa shape index (κ2) is 10.5. The first kappa shape index (κ1) is 22.9. The molecule has 1 N–H and O–H groups in total. The summed E-state index contributed by atoms with van der Waals surface area (Å²) in [4.78, 5) is 24.1. The monoisotopic (exact) mass is 448 g/mol. The first-order valence-electron chi connectivity index (χ1n) is 10.2. The fourth-order valence-electron chi connectivity index (χ4n) is 3.30. The molecule has 9 heteroatoms. The molecular weight excluding hydrogens is 423 g/mol. The van der Waals surface area contributed by atoms with Crippen molar-refractivity contribution in [1.29, 1.82) is 0 Å². The molecule has 2 aromatic rings. The number of hydrogen-bond donors (Lipinski definition) is 1. The zero-order valence-electron chi connectivity index (χ0n) is 17.1. The number of esters is 1. The maximum absolute atomic E-state index is 13.5. The number of nitrogens with one attached hydrogen (secondary N) is 1. The van der Waals surface area contributed by atoms with E-state index in [9.17, 15) is 22.4 Å². The molecule has 31 heavy (non-hydrogen) atoms. The highest BCUT2D eigenvalue weighted by Crippen LogP contribution is 2.21. The van der Waals surface area contributed by atoms with Gasteiger partial charge in [0.05, 0.1) is 10.5 Å². The van der Waals surface area contributed by atoms with E-state index in [1.54, 1.807) is 18.2 Å². The third-order valence-electron chi connectivity index (χ3n) is 5.06. The molecule has 0 radical (unpaired) electrons. The van der Waals surface area contributed by atoms with Crippen LogP contribution in [0.5, 0.6) is 0 Å². The second-order valence-electron chi connectivity index (χ2n) is 7.29. The van der Waals surface area contributed by atoms with Crippen LogP contribution in [0, 0.1) is 5.82 Å². The topological polar surface area (TPSA) is 92.8 Å². The molecule has 1 aliphatic heterocycles. The van der Waals surface area contributed by atoms with Gasteiger partial charge >= 0.3 is 5.97 Å². The van der Waals surface area contributed by atoms with Crippen LogP contribution in [0.2, 0.25) is 0 Å². The lowest BCUT2D eigenvalue weighted by Crippen LogP contribution is -2.32. The van der Waals surface area contributed by atoms with Crippen LogP contribution in [0.25, 0.3) is 0 Å². The highest BCUT2D eigenvalue weighted by molar-refractivity contribution is 7.89. The predicted octanol–water partition coefficient (Wildman–Crippen LogP) is 2.86. The van der Waals surface area contributed by atoms with E-state index in [0.717, 1.165) is 25.7 Å². The number of carbonyl (C=O) groups is 2. The number of ether oxygens (including phenoxy) is 1. The normalized spacial score (nSPS) is 15.1. The van der Waals surface area contributed by atoms with Gasteiger partial charge in [0, 0.05) is 25.2 Å². The summed E-state index contributed by atoms with van der Waals surface area (Å²) in [7, 11) is -3.60. The highest BCUT2D eigenvalue weighted by atomic mass is 32.2. The van der Waals surface area contributed by atoms with Crippen LogP contribution in [0.1, 0.15) is 41.6 Å². The molecule has 1 amide bonds. The van der Waals surface area contributed by atoms with E-state index in [1.165, 1.54) is 34.6 Å². The predicted molar refractivity (Wildman–Crippen MR) is 112 cm³/mol. The molecule has 1 heterocycles. The minimum absolute atomic E-state index is 0.0217. The molecule has 0 saturated carbocycles. The molecule has 7 nitrogen and oxygen atoms in total. The van der Waals surface area contributed by atoms with Crippen LogP contribution in [-0.2, 0) is 26.1 Å². The SMILES string of the molecule is O=C(COC(=O)c1ccc(S(=O)(=O)N2CCCCCC2)cc1)NCc1ccccc1F. The summed E-state index contributed by atoms with van der Waals surface area (Å²) in [6.45, 7) is 0.440. The molecule has 1 saturated heterocycles. The average molecular weight is 449 g/mol. The van der Waals surface area contributed by atoms with Gasteiger partial charge in [-0.1, -0.05) is 31.0 Å². The molecule has 0 spiro atoms. The molecule has 166 valence electrons. The number of rotatable bonds is 7. The van der Waals surface area contributed by atoms with Crippen molar-refractivity contribution < 1.29 is 27.1 Å². The molecule has 1 fully saturated rings. The van der Waals surface area contributed by atoms with E-state index >= 15 is 0 Å². The van der Waals surface area contributed by atoms with E-state index in [0.29, 0.717) is 18.7 Å². The van der Waals surface area contributed by atoms with Crippen LogP contribution in [0.4, 0.5) is 4.39 Å². The van der Waals surface area contributed by atoms with Crippen molar-refractivity contribution in [3.63, 3.8) is 0 Å². The molecule has 0 unspecified atom stereocenters. The third kappa shape index (κ3) is 6.11. The molecule has 0 atom stereocenters. The van der Waals surface area contributed by atoms with Gasteiger partial charge in [0.2, 0.25) is 10.0 Å². The fourth-order valence-corrected chi connectivity index (χ4v) is 4.81. The van der Waals surface area contributed by atoms with Crippen molar-refractivity contribution in [2.75, 3.05) is 19.7 Å². The van der Waals surface area contributed by atoms with Crippen molar-refractivity contribution in [2.45, 2.75) is 37.1 Å². The van der Waals surface area contributed by atoms with E-state index < -0.39 is 34.3 Å². The van der Waals surface area contributed by atoms with Crippen molar-refractivity contribution in [2.24, 2.45) is 0 Å². The van der Waals surface area contributed by atoms with Crippen LogP contribution >= 0.6 is 0 Å². The Morgan fingerprint density at radius 2 is 1.61 bits per heavy atom. The summed E-state index contributed by atoms with van der Waals surface area (Å²) < 4.78 is 45.5. The van der Waals surface area contributed by atoms with Crippen LogP contribution in [0.3, 0.4) is 0 Å². The molecule has 0 bridgehead atoms. The summed E-state index contributed by atoms with van der Waals surface area (Å²) in [5, 5.41) is 2.48. The molecule has 1 aliphatic rings. The summed E-state index contributed by atoms with van der Waals surface area (Å²) in [6, 6.07) is 11.5. The number of hydrogen-bond acceptors (Lipinski definition) is 5. The third-order valence-corrected chi connectivity index (χ3v) is 6.97. The second-order valence-corrected chi connectivity index (χ2v) is 9.22.